The van der Waals surface area contributed by atoms with E-state index < -0.39 is 0 Å². The number of nitrogens with zero attached hydrogens (tertiary/aromatic N) is 3. The van der Waals surface area contributed by atoms with Crippen LogP contribution in [0, 0.1) is 5.92 Å². The first-order chi connectivity index (χ1) is 13.1. The Balaban J connectivity index is 1.36. The van der Waals surface area contributed by atoms with E-state index in [0.717, 1.165) is 38.8 Å². The fourth-order valence-corrected chi connectivity index (χ4v) is 4.58. The second-order valence-electron chi connectivity index (χ2n) is 7.82. The zero-order valence-corrected chi connectivity index (χ0v) is 15.7. The summed E-state index contributed by atoms with van der Waals surface area (Å²) in [6, 6.07) is 8.74. The molecule has 1 atom stereocenters. The third-order valence-corrected chi connectivity index (χ3v) is 6.12. The van der Waals surface area contributed by atoms with Gasteiger partial charge in [0.2, 0.25) is 11.8 Å². The largest absolute Gasteiger partial charge is 0.342 e. The zero-order chi connectivity index (χ0) is 18.8. The highest BCUT2D eigenvalue weighted by molar-refractivity contribution is 6.22. The lowest BCUT2D eigenvalue weighted by atomic mass is 9.93. The molecule has 0 radical (unpaired) electrons. The summed E-state index contributed by atoms with van der Waals surface area (Å²) in [5.41, 5.74) is 0.644. The average Bonchev–Trinajstić information content (AvgIpc) is 3.03. The van der Waals surface area contributed by atoms with Gasteiger partial charge in [-0.05, 0) is 57.3 Å². The molecule has 0 spiro atoms. The first kappa shape index (κ1) is 18.2. The summed E-state index contributed by atoms with van der Waals surface area (Å²) < 4.78 is 0. The molecule has 144 valence electrons. The second kappa shape index (κ2) is 7.80. The summed E-state index contributed by atoms with van der Waals surface area (Å²) >= 11 is 0. The van der Waals surface area contributed by atoms with Gasteiger partial charge in [-0.3, -0.25) is 19.3 Å². The zero-order valence-electron chi connectivity index (χ0n) is 15.7. The third kappa shape index (κ3) is 3.63. The summed E-state index contributed by atoms with van der Waals surface area (Å²) in [6.07, 6.45) is 5.23. The predicted octanol–water partition coefficient (Wildman–Crippen LogP) is 2.04. The first-order valence-electron chi connectivity index (χ1n) is 10.1. The van der Waals surface area contributed by atoms with Crippen LogP contribution in [-0.4, -0.2) is 59.7 Å². The van der Waals surface area contributed by atoms with Crippen LogP contribution >= 0.6 is 0 Å². The van der Waals surface area contributed by atoms with Crippen molar-refractivity contribution in [3.05, 3.63) is 30.3 Å². The number of hydrogen-bond acceptors (Lipinski definition) is 4. The van der Waals surface area contributed by atoms with Crippen LogP contribution in [0.5, 0.6) is 0 Å². The lowest BCUT2D eigenvalue weighted by Gasteiger charge is -2.37. The van der Waals surface area contributed by atoms with Gasteiger partial charge in [-0.1, -0.05) is 18.2 Å². The van der Waals surface area contributed by atoms with Gasteiger partial charge in [0.05, 0.1) is 18.2 Å². The molecule has 1 aromatic rings. The minimum Gasteiger partial charge on any atom is -0.342 e. The van der Waals surface area contributed by atoms with Crippen LogP contribution < -0.4 is 4.90 Å². The molecule has 0 saturated carbocycles. The number of rotatable bonds is 3. The lowest BCUT2D eigenvalue weighted by molar-refractivity contribution is -0.138. The quantitative estimate of drug-likeness (QED) is 0.765. The molecule has 6 nitrogen and oxygen atoms in total. The molecule has 0 aromatic heterocycles. The molecule has 3 aliphatic rings. The van der Waals surface area contributed by atoms with E-state index in [-0.39, 0.29) is 36.1 Å². The van der Waals surface area contributed by atoms with Crippen LogP contribution in [0.15, 0.2) is 30.3 Å². The van der Waals surface area contributed by atoms with Crippen molar-refractivity contribution in [2.24, 2.45) is 5.92 Å². The van der Waals surface area contributed by atoms with Crippen molar-refractivity contribution in [1.29, 1.82) is 0 Å². The normalized spacial score (nSPS) is 25.3. The Bertz CT molecular complexity index is 707. The number of carbonyl (C=O) groups is 3. The Morgan fingerprint density at radius 1 is 0.889 bits per heavy atom. The minimum absolute atomic E-state index is 0.0665. The van der Waals surface area contributed by atoms with Crippen molar-refractivity contribution in [1.82, 2.24) is 9.80 Å². The second-order valence-corrected chi connectivity index (χ2v) is 7.82. The lowest BCUT2D eigenvalue weighted by Crippen LogP contribution is -2.49. The number of likely N-dealkylation sites (tertiary alicyclic amines) is 2. The molecule has 0 bridgehead atoms. The van der Waals surface area contributed by atoms with E-state index in [9.17, 15) is 14.4 Å². The van der Waals surface area contributed by atoms with Crippen LogP contribution in [0.2, 0.25) is 0 Å². The maximum Gasteiger partial charge on any atom is 0.251 e. The van der Waals surface area contributed by atoms with E-state index >= 15 is 0 Å². The molecule has 3 saturated heterocycles. The number of benzene rings is 1. The molecule has 3 aliphatic heterocycles. The Labute approximate surface area is 160 Å². The van der Waals surface area contributed by atoms with E-state index in [0.29, 0.717) is 18.8 Å². The van der Waals surface area contributed by atoms with E-state index in [4.69, 9.17) is 0 Å². The SMILES string of the molecule is O=C(C1CCN(C2CC(=O)N(c3ccccc3)C2=O)CC1)N1CCCCC1. The fraction of sp³-hybridized carbons (Fsp3) is 0.571. The van der Waals surface area contributed by atoms with Gasteiger partial charge in [0, 0.05) is 19.0 Å². The molecule has 3 heterocycles. The summed E-state index contributed by atoms with van der Waals surface area (Å²) in [4.78, 5) is 43.4. The van der Waals surface area contributed by atoms with Gasteiger partial charge in [-0.2, -0.15) is 0 Å². The van der Waals surface area contributed by atoms with E-state index in [1.54, 1.807) is 12.1 Å². The van der Waals surface area contributed by atoms with E-state index in [2.05, 4.69) is 4.90 Å². The van der Waals surface area contributed by atoms with Gasteiger partial charge in [-0.25, -0.2) is 4.90 Å². The number of piperidine rings is 2. The van der Waals surface area contributed by atoms with Crippen molar-refractivity contribution in [2.45, 2.75) is 44.6 Å². The molecule has 1 unspecified atom stereocenters. The number of para-hydroxylation sites is 1. The first-order valence-corrected chi connectivity index (χ1v) is 10.1. The molecule has 27 heavy (non-hydrogen) atoms. The van der Waals surface area contributed by atoms with Gasteiger partial charge in [0.1, 0.15) is 0 Å². The van der Waals surface area contributed by atoms with Crippen LogP contribution in [0.4, 0.5) is 5.69 Å². The van der Waals surface area contributed by atoms with Gasteiger partial charge >= 0.3 is 0 Å². The summed E-state index contributed by atoms with van der Waals surface area (Å²) in [7, 11) is 0. The Kier molecular flexibility index (Phi) is 5.25. The smallest absolute Gasteiger partial charge is 0.251 e. The number of hydrogen-bond donors (Lipinski definition) is 0. The molecular formula is C21H27N3O3. The van der Waals surface area contributed by atoms with E-state index in [1.165, 1.54) is 11.3 Å². The van der Waals surface area contributed by atoms with Crippen molar-refractivity contribution < 1.29 is 14.4 Å². The molecular weight excluding hydrogens is 342 g/mol. The molecule has 1 aromatic carbocycles. The Hall–Kier alpha value is -2.21. The van der Waals surface area contributed by atoms with Gasteiger partial charge in [0.15, 0.2) is 0 Å². The highest BCUT2D eigenvalue weighted by Crippen LogP contribution is 2.29. The number of amides is 3. The maximum absolute atomic E-state index is 12.9. The number of carbonyl (C=O) groups excluding carboxylic acids is 3. The molecule has 4 rings (SSSR count). The molecule has 0 aliphatic carbocycles. The van der Waals surface area contributed by atoms with Gasteiger partial charge in [0.25, 0.3) is 5.91 Å². The van der Waals surface area contributed by atoms with Crippen LogP contribution in [-0.2, 0) is 14.4 Å². The van der Waals surface area contributed by atoms with Crippen molar-refractivity contribution in [2.75, 3.05) is 31.1 Å². The minimum atomic E-state index is -0.385. The molecule has 6 heteroatoms. The maximum atomic E-state index is 12.9. The van der Waals surface area contributed by atoms with Crippen LogP contribution in [0.25, 0.3) is 0 Å². The average molecular weight is 369 g/mol. The monoisotopic (exact) mass is 369 g/mol. The highest BCUT2D eigenvalue weighted by atomic mass is 16.2. The number of anilines is 1. The number of imide groups is 1. The van der Waals surface area contributed by atoms with Crippen LogP contribution in [0.3, 0.4) is 0 Å². The molecule has 3 fully saturated rings. The molecule has 3 amide bonds. The fourth-order valence-electron chi connectivity index (χ4n) is 4.58. The van der Waals surface area contributed by atoms with E-state index in [1.807, 2.05) is 23.1 Å². The Morgan fingerprint density at radius 2 is 1.56 bits per heavy atom. The summed E-state index contributed by atoms with van der Waals surface area (Å²) in [5.74, 6) is 0.0839. The highest BCUT2D eigenvalue weighted by Gasteiger charge is 2.44. The predicted molar refractivity (Wildman–Crippen MR) is 102 cm³/mol. The molecule has 0 N–H and O–H groups in total. The van der Waals surface area contributed by atoms with Crippen LogP contribution in [0.1, 0.15) is 38.5 Å². The van der Waals surface area contributed by atoms with Gasteiger partial charge < -0.3 is 4.90 Å². The summed E-state index contributed by atoms with van der Waals surface area (Å²) in [5, 5.41) is 0. The summed E-state index contributed by atoms with van der Waals surface area (Å²) in [6.45, 7) is 3.19. The Morgan fingerprint density at radius 3 is 2.22 bits per heavy atom. The topological polar surface area (TPSA) is 60.9 Å². The third-order valence-electron chi connectivity index (χ3n) is 6.12. The van der Waals surface area contributed by atoms with Crippen molar-refractivity contribution in [3.8, 4) is 0 Å². The van der Waals surface area contributed by atoms with Crippen molar-refractivity contribution >= 4 is 23.4 Å². The van der Waals surface area contributed by atoms with Crippen molar-refractivity contribution in [3.63, 3.8) is 0 Å². The van der Waals surface area contributed by atoms with Gasteiger partial charge in [-0.15, -0.1) is 0 Å². The standard InChI is InChI=1S/C21H27N3O3/c25-19-15-18(21(27)24(19)17-7-3-1-4-8-17)22-13-9-16(10-14-22)20(26)23-11-5-2-6-12-23/h1,3-4,7-8,16,18H,2,5-6,9-15H2.